The number of carbonyl (C=O) groups excluding carboxylic acids is 1. The number of amides is 1. The first kappa shape index (κ1) is 25.1. The third-order valence-corrected chi connectivity index (χ3v) is 4.84. The molecule has 2 heterocycles. The third-order valence-electron chi connectivity index (χ3n) is 4.84. The van der Waals surface area contributed by atoms with Crippen LogP contribution in [0.4, 0.5) is 5.69 Å². The summed E-state index contributed by atoms with van der Waals surface area (Å²) in [6, 6.07) is 7.76. The fourth-order valence-corrected chi connectivity index (χ4v) is 3.30. The number of aryl methyl sites for hydroxylation is 1. The second-order valence-electron chi connectivity index (χ2n) is 7.11. The average molecular weight is 541 g/mol. The Morgan fingerprint density at radius 1 is 1.32 bits per heavy atom. The Labute approximate surface area is 200 Å². The maximum Gasteiger partial charge on any atom is 0.253 e. The largest absolute Gasteiger partial charge is 0.368 e. The van der Waals surface area contributed by atoms with Crippen LogP contribution in [0.25, 0.3) is 0 Å². The van der Waals surface area contributed by atoms with Gasteiger partial charge in [0.15, 0.2) is 5.96 Å². The van der Waals surface area contributed by atoms with Gasteiger partial charge in [-0.15, -0.1) is 34.2 Å². The first-order valence-electron chi connectivity index (χ1n) is 10.6. The number of halogens is 1. The van der Waals surface area contributed by atoms with Gasteiger partial charge in [0, 0.05) is 38.3 Å². The molecule has 1 fully saturated rings. The molecule has 2 aromatic rings. The van der Waals surface area contributed by atoms with E-state index in [2.05, 4.69) is 38.1 Å². The van der Waals surface area contributed by atoms with Crippen molar-refractivity contribution in [2.45, 2.75) is 52.3 Å². The van der Waals surface area contributed by atoms with Gasteiger partial charge in [0.05, 0.1) is 6.54 Å². The molecule has 1 aliphatic rings. The van der Waals surface area contributed by atoms with Crippen LogP contribution in [0.15, 0.2) is 35.6 Å². The van der Waals surface area contributed by atoms with Crippen LogP contribution in [-0.4, -0.2) is 52.4 Å². The zero-order chi connectivity index (χ0) is 21.2. The molecule has 0 aliphatic carbocycles. The zero-order valence-electron chi connectivity index (χ0n) is 18.1. The molecule has 0 bridgehead atoms. The van der Waals surface area contributed by atoms with E-state index in [-0.39, 0.29) is 36.0 Å². The summed E-state index contributed by atoms with van der Waals surface area (Å²) in [4.78, 5) is 16.9. The summed E-state index contributed by atoms with van der Waals surface area (Å²) in [7, 11) is 0. The lowest BCUT2D eigenvalue weighted by Gasteiger charge is -2.13. The lowest BCUT2D eigenvalue weighted by molar-refractivity contribution is -0.124. The van der Waals surface area contributed by atoms with Crippen molar-refractivity contribution in [2.75, 3.05) is 25.0 Å². The molecule has 9 nitrogen and oxygen atoms in total. The number of guanidine groups is 1. The number of ether oxygens (including phenoxy) is 1. The van der Waals surface area contributed by atoms with Gasteiger partial charge in [-0.05, 0) is 37.5 Å². The van der Waals surface area contributed by atoms with Crippen molar-refractivity contribution >= 4 is 41.5 Å². The molecule has 3 rings (SSSR count). The van der Waals surface area contributed by atoms with E-state index in [9.17, 15) is 4.79 Å². The highest BCUT2D eigenvalue weighted by molar-refractivity contribution is 14.0. The predicted octanol–water partition coefficient (Wildman–Crippen LogP) is 2.33. The summed E-state index contributed by atoms with van der Waals surface area (Å²) in [6.45, 7) is 7.52. The Hall–Kier alpha value is -2.21. The smallest absolute Gasteiger partial charge is 0.253 e. The molecule has 1 atom stereocenters. The zero-order valence-corrected chi connectivity index (χ0v) is 20.5. The van der Waals surface area contributed by atoms with E-state index in [0.717, 1.165) is 55.4 Å². The van der Waals surface area contributed by atoms with Crippen molar-refractivity contribution in [1.82, 2.24) is 25.4 Å². The number of nitrogens with one attached hydrogen (secondary N) is 3. The molecule has 170 valence electrons. The molecular weight excluding hydrogens is 509 g/mol. The van der Waals surface area contributed by atoms with Crippen LogP contribution in [0, 0.1) is 0 Å². The van der Waals surface area contributed by atoms with E-state index in [0.29, 0.717) is 19.7 Å². The second-order valence-corrected chi connectivity index (χ2v) is 7.11. The topological polar surface area (TPSA) is 105 Å². The maximum atomic E-state index is 12.2. The van der Waals surface area contributed by atoms with Crippen molar-refractivity contribution in [2.24, 2.45) is 4.99 Å². The molecule has 0 spiro atoms. The number of hydrogen-bond donors (Lipinski definition) is 3. The maximum absolute atomic E-state index is 12.2. The predicted molar refractivity (Wildman–Crippen MR) is 132 cm³/mol. The Balaban J connectivity index is 0.00000341. The summed E-state index contributed by atoms with van der Waals surface area (Å²) < 4.78 is 7.48. The van der Waals surface area contributed by atoms with Crippen LogP contribution in [0.1, 0.15) is 38.1 Å². The number of aliphatic imine (C=N–C) groups is 1. The van der Waals surface area contributed by atoms with Crippen molar-refractivity contribution in [3.63, 3.8) is 0 Å². The molecule has 3 N–H and O–H groups in total. The normalized spacial score (nSPS) is 15.9. The van der Waals surface area contributed by atoms with Gasteiger partial charge in [-0.25, -0.2) is 4.99 Å². The Kier molecular flexibility index (Phi) is 10.7. The second kappa shape index (κ2) is 13.3. The highest BCUT2D eigenvalue weighted by Crippen LogP contribution is 2.16. The molecule has 10 heteroatoms. The van der Waals surface area contributed by atoms with Gasteiger partial charge in [0.2, 0.25) is 0 Å². The van der Waals surface area contributed by atoms with Crippen molar-refractivity contribution in [3.05, 3.63) is 42.0 Å². The molecule has 0 radical (unpaired) electrons. The van der Waals surface area contributed by atoms with Crippen LogP contribution in [0.5, 0.6) is 0 Å². The molecule has 1 aromatic heterocycles. The molecular formula is C21H32IN7O2. The highest BCUT2D eigenvalue weighted by atomic mass is 127. The van der Waals surface area contributed by atoms with Crippen molar-refractivity contribution in [3.8, 4) is 0 Å². The number of anilines is 1. The van der Waals surface area contributed by atoms with Gasteiger partial charge in [0.25, 0.3) is 5.91 Å². The molecule has 1 unspecified atom stereocenters. The van der Waals surface area contributed by atoms with Crippen LogP contribution >= 0.6 is 24.0 Å². The third kappa shape index (κ3) is 7.76. The van der Waals surface area contributed by atoms with Gasteiger partial charge < -0.3 is 25.3 Å². The summed E-state index contributed by atoms with van der Waals surface area (Å²) in [5.74, 6) is 1.64. The minimum Gasteiger partial charge on any atom is -0.368 e. The number of aromatic nitrogens is 3. The minimum atomic E-state index is -0.338. The van der Waals surface area contributed by atoms with Crippen molar-refractivity contribution in [1.29, 1.82) is 0 Å². The molecule has 1 aromatic carbocycles. The summed E-state index contributed by atoms with van der Waals surface area (Å²) in [5, 5.41) is 17.6. The van der Waals surface area contributed by atoms with Gasteiger partial charge in [0.1, 0.15) is 18.3 Å². The fraction of sp³-hybridized carbons (Fsp3) is 0.524. The monoisotopic (exact) mass is 541 g/mol. The van der Waals surface area contributed by atoms with E-state index in [4.69, 9.17) is 4.74 Å². The van der Waals surface area contributed by atoms with Gasteiger partial charge in [-0.2, -0.15) is 0 Å². The van der Waals surface area contributed by atoms with E-state index in [1.54, 1.807) is 6.33 Å². The van der Waals surface area contributed by atoms with E-state index < -0.39 is 0 Å². The summed E-state index contributed by atoms with van der Waals surface area (Å²) in [6.07, 6.45) is 3.98. The standard InChI is InChI=1S/C21H31N7O2.HI/c1-3-19-27-25-15-28(19)11-10-23-21(22-4-2)24-14-16-7-5-8-17(13-16)26-20(29)18-9-6-12-30-18;/h5,7-8,13,15,18H,3-4,6,9-12,14H2,1-2H3,(H,26,29)(H2,22,23,24);1H. The van der Waals surface area contributed by atoms with Crippen LogP contribution in [0.3, 0.4) is 0 Å². The fourth-order valence-electron chi connectivity index (χ4n) is 3.30. The molecule has 1 aliphatic heterocycles. The SMILES string of the molecule is CCNC(=NCc1cccc(NC(=O)C2CCCO2)c1)NCCn1cnnc1CC.I. The molecule has 0 saturated carbocycles. The van der Waals surface area contributed by atoms with Crippen LogP contribution < -0.4 is 16.0 Å². The minimum absolute atomic E-state index is 0. The summed E-state index contributed by atoms with van der Waals surface area (Å²) >= 11 is 0. The van der Waals surface area contributed by atoms with E-state index in [1.165, 1.54) is 0 Å². The van der Waals surface area contributed by atoms with Crippen molar-refractivity contribution < 1.29 is 9.53 Å². The van der Waals surface area contributed by atoms with Crippen LogP contribution in [0.2, 0.25) is 0 Å². The van der Waals surface area contributed by atoms with Crippen LogP contribution in [-0.2, 0) is 29.0 Å². The lowest BCUT2D eigenvalue weighted by atomic mass is 10.2. The average Bonchev–Trinajstić information content (AvgIpc) is 3.44. The number of benzene rings is 1. The number of nitrogens with zero attached hydrogens (tertiary/aromatic N) is 4. The highest BCUT2D eigenvalue weighted by Gasteiger charge is 2.23. The van der Waals surface area contributed by atoms with E-state index in [1.807, 2.05) is 35.8 Å². The molecule has 31 heavy (non-hydrogen) atoms. The van der Waals surface area contributed by atoms with E-state index >= 15 is 0 Å². The first-order valence-corrected chi connectivity index (χ1v) is 10.6. The molecule has 1 amide bonds. The number of rotatable bonds is 9. The molecule has 1 saturated heterocycles. The Morgan fingerprint density at radius 3 is 2.94 bits per heavy atom. The quantitative estimate of drug-likeness (QED) is 0.256. The van der Waals surface area contributed by atoms with Gasteiger partial charge in [-0.1, -0.05) is 19.1 Å². The number of carbonyl (C=O) groups is 1. The Bertz CT molecular complexity index is 850. The lowest BCUT2D eigenvalue weighted by Crippen LogP contribution is -2.38. The van der Waals surface area contributed by atoms with Gasteiger partial charge >= 0.3 is 0 Å². The first-order chi connectivity index (χ1) is 14.7. The Morgan fingerprint density at radius 2 is 2.19 bits per heavy atom. The summed E-state index contributed by atoms with van der Waals surface area (Å²) in [5.41, 5.74) is 1.78. The number of hydrogen-bond acceptors (Lipinski definition) is 5. The van der Waals surface area contributed by atoms with Gasteiger partial charge in [-0.3, -0.25) is 4.79 Å².